The SMILES string of the molecule is C=CCNc1nc(C(=O)OCC(=O)Nc2ccc(OC)c(Cl)c2)cs1. The first-order valence-corrected chi connectivity index (χ1v) is 8.40. The first-order valence-electron chi connectivity index (χ1n) is 7.14. The molecule has 25 heavy (non-hydrogen) atoms. The van der Waals surface area contributed by atoms with Crippen molar-refractivity contribution in [3.63, 3.8) is 0 Å². The molecular weight excluding hydrogens is 366 g/mol. The lowest BCUT2D eigenvalue weighted by Gasteiger charge is -2.08. The summed E-state index contributed by atoms with van der Waals surface area (Å²) in [6.07, 6.45) is 1.68. The molecule has 2 aromatic rings. The molecule has 0 aliphatic heterocycles. The maximum Gasteiger partial charge on any atom is 0.358 e. The third-order valence-electron chi connectivity index (χ3n) is 2.88. The molecule has 1 amide bonds. The zero-order chi connectivity index (χ0) is 18.2. The van der Waals surface area contributed by atoms with Crippen molar-refractivity contribution >= 4 is 45.6 Å². The van der Waals surface area contributed by atoms with Crippen LogP contribution in [0.15, 0.2) is 36.2 Å². The number of anilines is 2. The average Bonchev–Trinajstić information content (AvgIpc) is 3.07. The van der Waals surface area contributed by atoms with E-state index in [0.717, 1.165) is 0 Å². The fourth-order valence-electron chi connectivity index (χ4n) is 1.75. The topological polar surface area (TPSA) is 89.5 Å². The molecule has 0 saturated heterocycles. The van der Waals surface area contributed by atoms with E-state index in [1.807, 2.05) is 0 Å². The van der Waals surface area contributed by atoms with Gasteiger partial charge in [-0.3, -0.25) is 4.79 Å². The number of rotatable bonds is 8. The zero-order valence-electron chi connectivity index (χ0n) is 13.4. The molecule has 2 rings (SSSR count). The summed E-state index contributed by atoms with van der Waals surface area (Å²) in [6, 6.07) is 4.79. The van der Waals surface area contributed by atoms with E-state index < -0.39 is 18.5 Å². The van der Waals surface area contributed by atoms with E-state index in [1.165, 1.54) is 24.5 Å². The van der Waals surface area contributed by atoms with Crippen molar-refractivity contribution in [1.29, 1.82) is 0 Å². The summed E-state index contributed by atoms with van der Waals surface area (Å²) in [7, 11) is 1.50. The van der Waals surface area contributed by atoms with Gasteiger partial charge in [0.2, 0.25) is 0 Å². The van der Waals surface area contributed by atoms with Crippen LogP contribution in [0, 0.1) is 0 Å². The number of nitrogens with one attached hydrogen (secondary N) is 2. The largest absolute Gasteiger partial charge is 0.495 e. The van der Waals surface area contributed by atoms with Crippen molar-refractivity contribution in [3.8, 4) is 5.75 Å². The summed E-state index contributed by atoms with van der Waals surface area (Å²) < 4.78 is 9.97. The Bertz CT molecular complexity index is 778. The molecule has 0 spiro atoms. The number of amides is 1. The second-order valence-electron chi connectivity index (χ2n) is 4.68. The number of benzene rings is 1. The second-order valence-corrected chi connectivity index (χ2v) is 5.95. The monoisotopic (exact) mass is 381 g/mol. The third-order valence-corrected chi connectivity index (χ3v) is 3.98. The minimum Gasteiger partial charge on any atom is -0.495 e. The molecular formula is C16H16ClN3O4S. The number of methoxy groups -OCH3 is 1. The maximum absolute atomic E-state index is 11.9. The van der Waals surface area contributed by atoms with E-state index in [2.05, 4.69) is 22.2 Å². The van der Waals surface area contributed by atoms with Crippen molar-refractivity contribution in [2.75, 3.05) is 30.9 Å². The fourth-order valence-corrected chi connectivity index (χ4v) is 2.70. The molecule has 1 aromatic carbocycles. The molecule has 0 atom stereocenters. The van der Waals surface area contributed by atoms with Crippen LogP contribution in [0.25, 0.3) is 0 Å². The number of nitrogens with zero attached hydrogens (tertiary/aromatic N) is 1. The Balaban J connectivity index is 1.84. The lowest BCUT2D eigenvalue weighted by Crippen LogP contribution is -2.21. The van der Waals surface area contributed by atoms with Crippen molar-refractivity contribution in [2.24, 2.45) is 0 Å². The molecule has 0 aliphatic carbocycles. The number of hydrogen-bond acceptors (Lipinski definition) is 7. The smallest absolute Gasteiger partial charge is 0.358 e. The Morgan fingerprint density at radius 3 is 2.92 bits per heavy atom. The van der Waals surface area contributed by atoms with Crippen molar-refractivity contribution in [1.82, 2.24) is 4.98 Å². The standard InChI is InChI=1S/C16H16ClN3O4S/c1-3-6-18-16-20-12(9-25-16)15(22)24-8-14(21)19-10-4-5-13(23-2)11(17)7-10/h3-5,7,9H,1,6,8H2,2H3,(H,18,20)(H,19,21). The highest BCUT2D eigenvalue weighted by molar-refractivity contribution is 7.13. The van der Waals surface area contributed by atoms with Crippen LogP contribution in [0.1, 0.15) is 10.5 Å². The number of carbonyl (C=O) groups excluding carboxylic acids is 2. The number of esters is 1. The third kappa shape index (κ3) is 5.47. The number of aromatic nitrogens is 1. The van der Waals surface area contributed by atoms with Gasteiger partial charge in [-0.05, 0) is 18.2 Å². The van der Waals surface area contributed by atoms with E-state index in [9.17, 15) is 9.59 Å². The van der Waals surface area contributed by atoms with Gasteiger partial charge in [-0.25, -0.2) is 9.78 Å². The minimum absolute atomic E-state index is 0.136. The average molecular weight is 382 g/mol. The van der Waals surface area contributed by atoms with Crippen LogP contribution >= 0.6 is 22.9 Å². The molecule has 0 unspecified atom stereocenters. The van der Waals surface area contributed by atoms with E-state index in [0.29, 0.717) is 28.1 Å². The number of halogens is 1. The predicted octanol–water partition coefficient (Wildman–Crippen LogP) is 3.20. The zero-order valence-corrected chi connectivity index (χ0v) is 14.9. The number of thiazole rings is 1. The van der Waals surface area contributed by atoms with Crippen LogP contribution in [0.4, 0.5) is 10.8 Å². The van der Waals surface area contributed by atoms with Gasteiger partial charge in [0.05, 0.1) is 12.1 Å². The van der Waals surface area contributed by atoms with Crippen LogP contribution in [-0.2, 0) is 9.53 Å². The highest BCUT2D eigenvalue weighted by Gasteiger charge is 2.14. The van der Waals surface area contributed by atoms with Crippen LogP contribution in [0.5, 0.6) is 5.75 Å². The minimum atomic E-state index is -0.675. The fraction of sp³-hybridized carbons (Fsp3) is 0.188. The Morgan fingerprint density at radius 2 is 2.24 bits per heavy atom. The molecule has 7 nitrogen and oxygen atoms in total. The number of carbonyl (C=O) groups is 2. The molecule has 132 valence electrons. The summed E-state index contributed by atoms with van der Waals surface area (Å²) in [6.45, 7) is 3.68. The van der Waals surface area contributed by atoms with Gasteiger partial charge < -0.3 is 20.1 Å². The summed E-state index contributed by atoms with van der Waals surface area (Å²) >= 11 is 7.24. The van der Waals surface area contributed by atoms with E-state index >= 15 is 0 Å². The Labute approximate surface area is 153 Å². The Hall–Kier alpha value is -2.58. The summed E-state index contributed by atoms with van der Waals surface area (Å²) in [5, 5.41) is 8.02. The van der Waals surface area contributed by atoms with Crippen LogP contribution in [0.2, 0.25) is 5.02 Å². The van der Waals surface area contributed by atoms with Gasteiger partial charge in [-0.2, -0.15) is 0 Å². The summed E-state index contributed by atoms with van der Waals surface area (Å²) in [5.41, 5.74) is 0.605. The molecule has 1 heterocycles. The van der Waals surface area contributed by atoms with Crippen molar-refractivity contribution < 1.29 is 19.1 Å². The molecule has 0 bridgehead atoms. The van der Waals surface area contributed by atoms with Gasteiger partial charge in [-0.1, -0.05) is 17.7 Å². The van der Waals surface area contributed by atoms with Gasteiger partial charge in [0.15, 0.2) is 17.4 Å². The van der Waals surface area contributed by atoms with E-state index in [4.69, 9.17) is 21.1 Å². The lowest BCUT2D eigenvalue weighted by atomic mass is 10.3. The van der Waals surface area contributed by atoms with Crippen molar-refractivity contribution in [2.45, 2.75) is 0 Å². The summed E-state index contributed by atoms with van der Waals surface area (Å²) in [4.78, 5) is 27.8. The van der Waals surface area contributed by atoms with Gasteiger partial charge in [-0.15, -0.1) is 17.9 Å². The molecule has 1 aromatic heterocycles. The van der Waals surface area contributed by atoms with Crippen molar-refractivity contribution in [3.05, 3.63) is 47.0 Å². The van der Waals surface area contributed by atoms with Crippen LogP contribution in [0.3, 0.4) is 0 Å². The Morgan fingerprint density at radius 1 is 1.44 bits per heavy atom. The number of ether oxygens (including phenoxy) is 2. The van der Waals surface area contributed by atoms with Crippen LogP contribution in [-0.4, -0.2) is 37.1 Å². The molecule has 0 fully saturated rings. The maximum atomic E-state index is 11.9. The van der Waals surface area contributed by atoms with Crippen LogP contribution < -0.4 is 15.4 Å². The quantitative estimate of drug-likeness (QED) is 0.539. The van der Waals surface area contributed by atoms with Gasteiger partial charge in [0.25, 0.3) is 5.91 Å². The number of hydrogen-bond donors (Lipinski definition) is 2. The predicted molar refractivity (Wildman–Crippen MR) is 97.7 cm³/mol. The van der Waals surface area contributed by atoms with E-state index in [-0.39, 0.29) is 5.69 Å². The molecule has 0 saturated carbocycles. The van der Waals surface area contributed by atoms with Gasteiger partial charge in [0, 0.05) is 17.6 Å². The van der Waals surface area contributed by atoms with E-state index in [1.54, 1.807) is 23.6 Å². The Kier molecular flexibility index (Phi) is 6.79. The lowest BCUT2D eigenvalue weighted by molar-refractivity contribution is -0.119. The van der Waals surface area contributed by atoms with Gasteiger partial charge >= 0.3 is 5.97 Å². The first kappa shape index (κ1) is 18.8. The highest BCUT2D eigenvalue weighted by atomic mass is 35.5. The second kappa shape index (κ2) is 9.05. The molecule has 9 heteroatoms. The molecule has 0 radical (unpaired) electrons. The normalized spacial score (nSPS) is 10.0. The van der Waals surface area contributed by atoms with Gasteiger partial charge in [0.1, 0.15) is 5.75 Å². The summed E-state index contributed by atoms with van der Waals surface area (Å²) in [5.74, 6) is -0.670. The molecule has 0 aliphatic rings. The highest BCUT2D eigenvalue weighted by Crippen LogP contribution is 2.27. The molecule has 2 N–H and O–H groups in total. The first-order chi connectivity index (χ1) is 12.0.